The standard InChI is InChI=1S/C16H11F3N2O3S/c17-9-3-1-7(5-11(9)19)20-15(22)8-2-4-10(18)13-12(21-16(23)24)6-25-14(8)13/h1-5,12,21H,6H2,(H,20,22)(H,23,24). The molecule has 0 saturated heterocycles. The van der Waals surface area contributed by atoms with Crippen LogP contribution in [0.4, 0.5) is 23.7 Å². The molecular formula is C16H11F3N2O3S. The van der Waals surface area contributed by atoms with Crippen LogP contribution in [0.25, 0.3) is 0 Å². The van der Waals surface area contributed by atoms with Gasteiger partial charge in [-0.2, -0.15) is 0 Å². The van der Waals surface area contributed by atoms with Crippen molar-refractivity contribution in [2.75, 3.05) is 11.1 Å². The van der Waals surface area contributed by atoms with Gasteiger partial charge in [0.1, 0.15) is 5.82 Å². The summed E-state index contributed by atoms with van der Waals surface area (Å²) in [4.78, 5) is 23.5. The van der Waals surface area contributed by atoms with Gasteiger partial charge in [0.25, 0.3) is 5.91 Å². The molecule has 0 spiro atoms. The molecule has 3 N–H and O–H groups in total. The Morgan fingerprint density at radius 1 is 1.08 bits per heavy atom. The maximum Gasteiger partial charge on any atom is 0.405 e. The Hall–Kier alpha value is -2.68. The van der Waals surface area contributed by atoms with Crippen LogP contribution < -0.4 is 10.6 Å². The predicted octanol–water partition coefficient (Wildman–Crippen LogP) is 3.77. The third kappa shape index (κ3) is 3.41. The first-order valence-corrected chi connectivity index (χ1v) is 8.06. The van der Waals surface area contributed by atoms with Crippen molar-refractivity contribution >= 4 is 29.4 Å². The smallest absolute Gasteiger partial charge is 0.405 e. The normalized spacial score (nSPS) is 15.6. The average molecular weight is 368 g/mol. The van der Waals surface area contributed by atoms with E-state index in [9.17, 15) is 22.8 Å². The summed E-state index contributed by atoms with van der Waals surface area (Å²) in [6.07, 6.45) is -1.30. The molecule has 1 atom stereocenters. The van der Waals surface area contributed by atoms with E-state index < -0.39 is 35.5 Å². The summed E-state index contributed by atoms with van der Waals surface area (Å²) >= 11 is 1.14. The van der Waals surface area contributed by atoms with E-state index in [1.54, 1.807) is 0 Å². The summed E-state index contributed by atoms with van der Waals surface area (Å²) in [7, 11) is 0. The van der Waals surface area contributed by atoms with Gasteiger partial charge in [0.05, 0.1) is 11.6 Å². The number of carbonyl (C=O) groups is 2. The number of nitrogens with one attached hydrogen (secondary N) is 2. The number of carboxylic acid groups (broad SMARTS) is 1. The van der Waals surface area contributed by atoms with Crippen LogP contribution in [-0.2, 0) is 0 Å². The third-order valence-corrected chi connectivity index (χ3v) is 4.83. The quantitative estimate of drug-likeness (QED) is 0.771. The Balaban J connectivity index is 1.90. The maximum atomic E-state index is 14.1. The van der Waals surface area contributed by atoms with Crippen LogP contribution in [0, 0.1) is 17.5 Å². The number of benzene rings is 2. The van der Waals surface area contributed by atoms with Gasteiger partial charge in [0.2, 0.25) is 0 Å². The lowest BCUT2D eigenvalue weighted by Crippen LogP contribution is -2.27. The van der Waals surface area contributed by atoms with Gasteiger partial charge in [-0.15, -0.1) is 11.8 Å². The fraction of sp³-hybridized carbons (Fsp3) is 0.125. The van der Waals surface area contributed by atoms with Crippen LogP contribution in [0.2, 0.25) is 0 Å². The number of anilines is 1. The topological polar surface area (TPSA) is 78.4 Å². The van der Waals surface area contributed by atoms with Gasteiger partial charge in [-0.25, -0.2) is 18.0 Å². The molecule has 0 fully saturated rings. The minimum atomic E-state index is -1.30. The zero-order valence-corrected chi connectivity index (χ0v) is 13.3. The van der Waals surface area contributed by atoms with Crippen LogP contribution in [0.1, 0.15) is 22.0 Å². The monoisotopic (exact) mass is 368 g/mol. The van der Waals surface area contributed by atoms with Gasteiger partial charge in [0, 0.05) is 28.0 Å². The number of rotatable bonds is 3. The van der Waals surface area contributed by atoms with E-state index in [1.807, 2.05) is 0 Å². The van der Waals surface area contributed by atoms with Crippen molar-refractivity contribution in [1.29, 1.82) is 0 Å². The van der Waals surface area contributed by atoms with Crippen molar-refractivity contribution in [2.24, 2.45) is 0 Å². The van der Waals surface area contributed by atoms with Crippen molar-refractivity contribution < 1.29 is 27.9 Å². The second-order valence-electron chi connectivity index (χ2n) is 5.23. The molecule has 0 saturated carbocycles. The zero-order chi connectivity index (χ0) is 18.1. The van der Waals surface area contributed by atoms with E-state index in [1.165, 1.54) is 12.1 Å². The predicted molar refractivity (Wildman–Crippen MR) is 85.3 cm³/mol. The van der Waals surface area contributed by atoms with Crippen LogP contribution in [0.5, 0.6) is 0 Å². The number of hydrogen-bond acceptors (Lipinski definition) is 3. The summed E-state index contributed by atoms with van der Waals surface area (Å²) in [6, 6.07) is 4.47. The minimum Gasteiger partial charge on any atom is -0.465 e. The Morgan fingerprint density at radius 3 is 2.48 bits per heavy atom. The van der Waals surface area contributed by atoms with E-state index in [-0.39, 0.29) is 22.6 Å². The molecule has 3 rings (SSSR count). The number of carbonyl (C=O) groups excluding carboxylic acids is 1. The van der Waals surface area contributed by atoms with Crippen molar-refractivity contribution in [1.82, 2.24) is 5.32 Å². The highest BCUT2D eigenvalue weighted by atomic mass is 32.2. The number of amides is 2. The molecule has 9 heteroatoms. The maximum absolute atomic E-state index is 14.1. The molecule has 2 amide bonds. The van der Waals surface area contributed by atoms with Crippen LogP contribution in [0.15, 0.2) is 35.2 Å². The average Bonchev–Trinajstić information content (AvgIpc) is 2.95. The molecule has 5 nitrogen and oxygen atoms in total. The molecule has 2 aromatic carbocycles. The SMILES string of the molecule is O=C(O)NC1CSc2c(C(=O)Nc3ccc(F)c(F)c3)ccc(F)c21. The molecule has 1 aliphatic rings. The van der Waals surface area contributed by atoms with Gasteiger partial charge in [-0.1, -0.05) is 0 Å². The van der Waals surface area contributed by atoms with Crippen molar-refractivity contribution in [3.63, 3.8) is 0 Å². The Morgan fingerprint density at radius 2 is 1.80 bits per heavy atom. The molecular weight excluding hydrogens is 357 g/mol. The lowest BCUT2D eigenvalue weighted by atomic mass is 10.0. The Labute approximate surface area is 144 Å². The lowest BCUT2D eigenvalue weighted by Gasteiger charge is -2.13. The van der Waals surface area contributed by atoms with E-state index in [0.29, 0.717) is 4.90 Å². The first-order chi connectivity index (χ1) is 11.9. The summed E-state index contributed by atoms with van der Waals surface area (Å²) in [5.41, 5.74) is 0.274. The lowest BCUT2D eigenvalue weighted by molar-refractivity contribution is 0.102. The second kappa shape index (κ2) is 6.67. The fourth-order valence-electron chi connectivity index (χ4n) is 2.52. The van der Waals surface area contributed by atoms with E-state index in [2.05, 4.69) is 10.6 Å². The highest BCUT2D eigenvalue weighted by Crippen LogP contribution is 2.42. The first kappa shape index (κ1) is 17.2. The highest BCUT2D eigenvalue weighted by molar-refractivity contribution is 7.99. The Kier molecular flexibility index (Phi) is 4.58. The number of fused-ring (bicyclic) bond motifs is 1. The van der Waals surface area contributed by atoms with E-state index >= 15 is 0 Å². The van der Waals surface area contributed by atoms with Gasteiger partial charge in [-0.3, -0.25) is 4.79 Å². The van der Waals surface area contributed by atoms with Gasteiger partial charge in [0.15, 0.2) is 11.6 Å². The molecule has 1 unspecified atom stereocenters. The van der Waals surface area contributed by atoms with Gasteiger partial charge in [-0.05, 0) is 24.3 Å². The summed E-state index contributed by atoms with van der Waals surface area (Å²) in [6.45, 7) is 0. The van der Waals surface area contributed by atoms with Gasteiger partial charge < -0.3 is 15.7 Å². The summed E-state index contributed by atoms with van der Waals surface area (Å²) in [5.74, 6) is -3.16. The number of hydrogen-bond donors (Lipinski definition) is 3. The first-order valence-electron chi connectivity index (χ1n) is 7.08. The highest BCUT2D eigenvalue weighted by Gasteiger charge is 2.31. The molecule has 0 aliphatic carbocycles. The van der Waals surface area contributed by atoms with Crippen LogP contribution in [-0.4, -0.2) is 22.9 Å². The van der Waals surface area contributed by atoms with Gasteiger partial charge >= 0.3 is 6.09 Å². The number of thioether (sulfide) groups is 1. The largest absolute Gasteiger partial charge is 0.465 e. The zero-order valence-electron chi connectivity index (χ0n) is 12.5. The molecule has 0 radical (unpaired) electrons. The molecule has 25 heavy (non-hydrogen) atoms. The molecule has 1 heterocycles. The molecule has 0 bridgehead atoms. The minimum absolute atomic E-state index is 0.0465. The van der Waals surface area contributed by atoms with Crippen LogP contribution >= 0.6 is 11.8 Å². The third-order valence-electron chi connectivity index (χ3n) is 3.61. The molecule has 1 aliphatic heterocycles. The van der Waals surface area contributed by atoms with E-state index in [0.717, 1.165) is 30.0 Å². The fourth-order valence-corrected chi connectivity index (χ4v) is 3.81. The molecule has 130 valence electrons. The summed E-state index contributed by atoms with van der Waals surface area (Å²) in [5, 5.41) is 13.4. The second-order valence-corrected chi connectivity index (χ2v) is 6.26. The van der Waals surface area contributed by atoms with Crippen molar-refractivity contribution in [2.45, 2.75) is 10.9 Å². The van der Waals surface area contributed by atoms with Crippen molar-refractivity contribution in [3.05, 3.63) is 58.9 Å². The Bertz CT molecular complexity index is 876. The molecule has 2 aromatic rings. The summed E-state index contributed by atoms with van der Waals surface area (Å²) < 4.78 is 40.3. The number of halogens is 3. The van der Waals surface area contributed by atoms with E-state index in [4.69, 9.17) is 5.11 Å². The van der Waals surface area contributed by atoms with Crippen LogP contribution in [0.3, 0.4) is 0 Å². The van der Waals surface area contributed by atoms with Crippen molar-refractivity contribution in [3.8, 4) is 0 Å². The molecule has 0 aromatic heterocycles.